The molecule has 1 aliphatic heterocycles. The molecule has 0 aromatic heterocycles. The topological polar surface area (TPSA) is 23.6 Å². The third-order valence-electron chi connectivity index (χ3n) is 2.74. The SMILES string of the molecule is C=CC(=O)N1CC(N(C)C(C)C)C1. The molecule has 0 aliphatic carbocycles. The minimum Gasteiger partial charge on any atom is -0.336 e. The third kappa shape index (κ3) is 2.10. The number of nitrogens with zero attached hydrogens (tertiary/aromatic N) is 2. The number of hydrogen-bond acceptors (Lipinski definition) is 2. The van der Waals surface area contributed by atoms with E-state index < -0.39 is 0 Å². The van der Waals surface area contributed by atoms with Gasteiger partial charge in [0.15, 0.2) is 0 Å². The van der Waals surface area contributed by atoms with E-state index in [0.717, 1.165) is 13.1 Å². The molecule has 0 radical (unpaired) electrons. The summed E-state index contributed by atoms with van der Waals surface area (Å²) in [4.78, 5) is 15.2. The number of amides is 1. The van der Waals surface area contributed by atoms with Gasteiger partial charge in [-0.25, -0.2) is 0 Å². The van der Waals surface area contributed by atoms with E-state index in [4.69, 9.17) is 0 Å². The maximum absolute atomic E-state index is 11.1. The number of rotatable bonds is 3. The molecular formula is C10H18N2O. The van der Waals surface area contributed by atoms with E-state index in [0.29, 0.717) is 12.1 Å². The molecule has 3 nitrogen and oxygen atoms in total. The van der Waals surface area contributed by atoms with Crippen LogP contribution in [0.2, 0.25) is 0 Å². The van der Waals surface area contributed by atoms with Crippen LogP contribution in [0.15, 0.2) is 12.7 Å². The Kier molecular flexibility index (Phi) is 3.09. The smallest absolute Gasteiger partial charge is 0.246 e. The van der Waals surface area contributed by atoms with E-state index in [1.54, 1.807) is 0 Å². The Balaban J connectivity index is 2.33. The van der Waals surface area contributed by atoms with Crippen LogP contribution in [0.3, 0.4) is 0 Å². The number of carbonyl (C=O) groups is 1. The molecule has 0 bridgehead atoms. The number of carbonyl (C=O) groups excluding carboxylic acids is 1. The van der Waals surface area contributed by atoms with Gasteiger partial charge < -0.3 is 4.90 Å². The summed E-state index contributed by atoms with van der Waals surface area (Å²) in [7, 11) is 2.10. The molecule has 1 aliphatic rings. The van der Waals surface area contributed by atoms with Gasteiger partial charge in [0.05, 0.1) is 0 Å². The molecule has 74 valence electrons. The second-order valence-corrected chi connectivity index (χ2v) is 3.86. The molecular weight excluding hydrogens is 164 g/mol. The highest BCUT2D eigenvalue weighted by atomic mass is 16.2. The molecule has 0 aromatic carbocycles. The van der Waals surface area contributed by atoms with E-state index in [-0.39, 0.29) is 5.91 Å². The molecule has 1 amide bonds. The highest BCUT2D eigenvalue weighted by Gasteiger charge is 2.32. The number of hydrogen-bond donors (Lipinski definition) is 0. The lowest BCUT2D eigenvalue weighted by molar-refractivity contribution is -0.133. The summed E-state index contributed by atoms with van der Waals surface area (Å²) < 4.78 is 0. The second kappa shape index (κ2) is 3.92. The fourth-order valence-corrected chi connectivity index (χ4v) is 1.44. The highest BCUT2D eigenvalue weighted by Crippen LogP contribution is 2.15. The van der Waals surface area contributed by atoms with Crippen LogP contribution in [0.5, 0.6) is 0 Å². The van der Waals surface area contributed by atoms with E-state index in [2.05, 4.69) is 32.4 Å². The standard InChI is InChI=1S/C10H18N2O/c1-5-10(13)12-6-9(7-12)11(4)8(2)3/h5,8-9H,1,6-7H2,2-4H3. The first-order valence-electron chi connectivity index (χ1n) is 4.69. The van der Waals surface area contributed by atoms with Crippen molar-refractivity contribution in [3.05, 3.63) is 12.7 Å². The van der Waals surface area contributed by atoms with Crippen molar-refractivity contribution < 1.29 is 4.79 Å². The van der Waals surface area contributed by atoms with Gasteiger partial charge in [0.25, 0.3) is 0 Å². The van der Waals surface area contributed by atoms with Gasteiger partial charge in [-0.15, -0.1) is 0 Å². The summed E-state index contributed by atoms with van der Waals surface area (Å²) in [6.45, 7) is 9.49. The molecule has 0 N–H and O–H groups in total. The predicted octanol–water partition coefficient (Wildman–Crippen LogP) is 0.723. The van der Waals surface area contributed by atoms with Crippen LogP contribution in [0.4, 0.5) is 0 Å². The van der Waals surface area contributed by atoms with Crippen LogP contribution in [-0.2, 0) is 4.79 Å². The van der Waals surface area contributed by atoms with Crippen LogP contribution < -0.4 is 0 Å². The summed E-state index contributed by atoms with van der Waals surface area (Å²) in [5, 5.41) is 0. The molecule has 0 spiro atoms. The van der Waals surface area contributed by atoms with Gasteiger partial charge in [-0.3, -0.25) is 9.69 Å². The lowest BCUT2D eigenvalue weighted by atomic mass is 10.1. The zero-order valence-corrected chi connectivity index (χ0v) is 8.66. The zero-order chi connectivity index (χ0) is 10.0. The van der Waals surface area contributed by atoms with Gasteiger partial charge in [-0.05, 0) is 27.0 Å². The van der Waals surface area contributed by atoms with Crippen LogP contribution in [-0.4, -0.2) is 47.9 Å². The van der Waals surface area contributed by atoms with E-state index in [9.17, 15) is 4.79 Å². The van der Waals surface area contributed by atoms with Gasteiger partial charge in [0.2, 0.25) is 5.91 Å². The lowest BCUT2D eigenvalue weighted by Crippen LogP contribution is -2.61. The van der Waals surface area contributed by atoms with Crippen LogP contribution in [0, 0.1) is 0 Å². The summed E-state index contributed by atoms with van der Waals surface area (Å²) in [6.07, 6.45) is 1.38. The van der Waals surface area contributed by atoms with Gasteiger partial charge in [-0.2, -0.15) is 0 Å². The van der Waals surface area contributed by atoms with Crippen LogP contribution in [0.25, 0.3) is 0 Å². The Morgan fingerprint density at radius 1 is 1.62 bits per heavy atom. The largest absolute Gasteiger partial charge is 0.336 e. The number of likely N-dealkylation sites (N-methyl/N-ethyl adjacent to an activating group) is 1. The fraction of sp³-hybridized carbons (Fsp3) is 0.700. The van der Waals surface area contributed by atoms with Gasteiger partial charge in [0, 0.05) is 25.2 Å². The highest BCUT2D eigenvalue weighted by molar-refractivity contribution is 5.87. The predicted molar refractivity (Wildman–Crippen MR) is 53.5 cm³/mol. The summed E-state index contributed by atoms with van der Waals surface area (Å²) in [5.74, 6) is 0.0495. The average molecular weight is 182 g/mol. The fourth-order valence-electron chi connectivity index (χ4n) is 1.44. The van der Waals surface area contributed by atoms with Crippen molar-refractivity contribution in [1.82, 2.24) is 9.80 Å². The van der Waals surface area contributed by atoms with E-state index in [1.807, 2.05) is 4.90 Å². The van der Waals surface area contributed by atoms with Crippen molar-refractivity contribution in [2.75, 3.05) is 20.1 Å². The van der Waals surface area contributed by atoms with Gasteiger partial charge >= 0.3 is 0 Å². The first-order valence-corrected chi connectivity index (χ1v) is 4.69. The molecule has 1 rings (SSSR count). The quantitative estimate of drug-likeness (QED) is 0.601. The van der Waals surface area contributed by atoms with E-state index >= 15 is 0 Å². The van der Waals surface area contributed by atoms with Crippen molar-refractivity contribution in [2.24, 2.45) is 0 Å². The Hall–Kier alpha value is -0.830. The summed E-state index contributed by atoms with van der Waals surface area (Å²) >= 11 is 0. The zero-order valence-electron chi connectivity index (χ0n) is 8.66. The van der Waals surface area contributed by atoms with E-state index in [1.165, 1.54) is 6.08 Å². The average Bonchev–Trinajstić information content (AvgIpc) is 2.00. The maximum Gasteiger partial charge on any atom is 0.246 e. The molecule has 13 heavy (non-hydrogen) atoms. The lowest BCUT2D eigenvalue weighted by Gasteiger charge is -2.45. The molecule has 0 atom stereocenters. The molecule has 0 aromatic rings. The Morgan fingerprint density at radius 2 is 2.15 bits per heavy atom. The van der Waals surface area contributed by atoms with Crippen molar-refractivity contribution in [3.8, 4) is 0 Å². The molecule has 3 heteroatoms. The molecule has 1 fully saturated rings. The molecule has 1 saturated heterocycles. The Morgan fingerprint density at radius 3 is 2.54 bits per heavy atom. The normalized spacial score (nSPS) is 17.8. The molecule has 0 unspecified atom stereocenters. The van der Waals surface area contributed by atoms with Crippen LogP contribution in [0.1, 0.15) is 13.8 Å². The monoisotopic (exact) mass is 182 g/mol. The van der Waals surface area contributed by atoms with Gasteiger partial charge in [-0.1, -0.05) is 6.58 Å². The van der Waals surface area contributed by atoms with Crippen molar-refractivity contribution in [3.63, 3.8) is 0 Å². The second-order valence-electron chi connectivity index (χ2n) is 3.86. The Bertz CT molecular complexity index is 207. The minimum atomic E-state index is 0.0495. The third-order valence-corrected chi connectivity index (χ3v) is 2.74. The summed E-state index contributed by atoms with van der Waals surface area (Å²) in [5.41, 5.74) is 0. The van der Waals surface area contributed by atoms with Crippen molar-refractivity contribution >= 4 is 5.91 Å². The van der Waals surface area contributed by atoms with Gasteiger partial charge in [0.1, 0.15) is 0 Å². The maximum atomic E-state index is 11.1. The van der Waals surface area contributed by atoms with Crippen molar-refractivity contribution in [1.29, 1.82) is 0 Å². The minimum absolute atomic E-state index is 0.0495. The van der Waals surface area contributed by atoms with Crippen LogP contribution >= 0.6 is 0 Å². The van der Waals surface area contributed by atoms with Crippen molar-refractivity contribution in [2.45, 2.75) is 25.9 Å². The Labute approximate surface area is 80.0 Å². The first-order chi connectivity index (χ1) is 6.06. The first kappa shape index (κ1) is 10.3. The summed E-state index contributed by atoms with van der Waals surface area (Å²) in [6, 6.07) is 1.08. The molecule has 0 saturated carbocycles. The number of likely N-dealkylation sites (tertiary alicyclic amines) is 1. The molecule has 1 heterocycles.